The first-order valence-electron chi connectivity index (χ1n) is 10.7. The molecule has 0 unspecified atom stereocenters. The van der Waals surface area contributed by atoms with Crippen molar-refractivity contribution >= 4 is 23.1 Å². The maximum atomic E-state index is 13.7. The molecule has 0 spiro atoms. The molecule has 0 radical (unpaired) electrons. The van der Waals surface area contributed by atoms with Crippen molar-refractivity contribution in [2.75, 3.05) is 24.6 Å². The van der Waals surface area contributed by atoms with Crippen LogP contribution < -0.4 is 9.64 Å². The highest BCUT2D eigenvalue weighted by molar-refractivity contribution is 6.45. The molecule has 156 valence electrons. The lowest BCUT2D eigenvalue weighted by atomic mass is 9.96. The number of hydrogen-bond acceptors (Lipinski definition) is 4. The molecule has 2 aliphatic heterocycles. The lowest BCUT2D eigenvalue weighted by Crippen LogP contribution is -2.37. The third kappa shape index (κ3) is 3.49. The SMILES string of the molecule is CCOc1ccccc1N1C(=O)C(c2ccc(C)cc2C)=C(N2CCCCC2)C1=O. The van der Waals surface area contributed by atoms with E-state index in [1.165, 1.54) is 4.90 Å². The number of aryl methyl sites for hydroxylation is 2. The molecular formula is C25H28N2O3. The van der Waals surface area contributed by atoms with Gasteiger partial charge in [0.2, 0.25) is 0 Å². The second-order valence-electron chi connectivity index (χ2n) is 7.94. The van der Waals surface area contributed by atoms with E-state index in [0.717, 1.165) is 49.0 Å². The smallest absolute Gasteiger partial charge is 0.282 e. The number of benzene rings is 2. The van der Waals surface area contributed by atoms with Crippen LogP contribution in [0, 0.1) is 13.8 Å². The molecule has 2 aromatic rings. The van der Waals surface area contributed by atoms with Crippen molar-refractivity contribution in [3.05, 3.63) is 64.9 Å². The van der Waals surface area contributed by atoms with Gasteiger partial charge in [0, 0.05) is 13.1 Å². The second-order valence-corrected chi connectivity index (χ2v) is 7.94. The van der Waals surface area contributed by atoms with Crippen LogP contribution in [0.2, 0.25) is 0 Å². The Balaban J connectivity index is 1.86. The molecule has 0 atom stereocenters. The molecule has 0 aromatic heterocycles. The Morgan fingerprint density at radius 1 is 0.933 bits per heavy atom. The van der Waals surface area contributed by atoms with Gasteiger partial charge in [-0.1, -0.05) is 35.9 Å². The Morgan fingerprint density at radius 3 is 2.37 bits per heavy atom. The maximum Gasteiger partial charge on any atom is 0.282 e. The highest BCUT2D eigenvalue weighted by Gasteiger charge is 2.44. The molecule has 2 amide bonds. The summed E-state index contributed by atoms with van der Waals surface area (Å²) in [6, 6.07) is 13.3. The minimum absolute atomic E-state index is 0.260. The Hall–Kier alpha value is -3.08. The topological polar surface area (TPSA) is 49.9 Å². The largest absolute Gasteiger partial charge is 0.492 e. The molecule has 0 N–H and O–H groups in total. The number of amides is 2. The Morgan fingerprint density at radius 2 is 1.67 bits per heavy atom. The first-order chi connectivity index (χ1) is 14.5. The number of para-hydroxylation sites is 2. The van der Waals surface area contributed by atoms with Crippen LogP contribution in [0.4, 0.5) is 5.69 Å². The van der Waals surface area contributed by atoms with E-state index < -0.39 is 0 Å². The number of nitrogens with zero attached hydrogens (tertiary/aromatic N) is 2. The zero-order valence-electron chi connectivity index (χ0n) is 17.9. The summed E-state index contributed by atoms with van der Waals surface area (Å²) in [4.78, 5) is 30.8. The summed E-state index contributed by atoms with van der Waals surface area (Å²) in [5.74, 6) is 0.00489. The third-order valence-electron chi connectivity index (χ3n) is 5.79. The van der Waals surface area contributed by atoms with Crippen molar-refractivity contribution in [3.8, 4) is 5.75 Å². The van der Waals surface area contributed by atoms with Gasteiger partial charge in [0.25, 0.3) is 11.8 Å². The van der Waals surface area contributed by atoms with E-state index in [2.05, 4.69) is 11.0 Å². The predicted molar refractivity (Wildman–Crippen MR) is 118 cm³/mol. The highest BCUT2D eigenvalue weighted by atomic mass is 16.5. The van der Waals surface area contributed by atoms with E-state index in [4.69, 9.17) is 4.74 Å². The average molecular weight is 405 g/mol. The summed E-state index contributed by atoms with van der Waals surface area (Å²) >= 11 is 0. The number of ether oxygens (including phenoxy) is 1. The van der Waals surface area contributed by atoms with Gasteiger partial charge >= 0.3 is 0 Å². The molecule has 4 rings (SSSR count). The van der Waals surface area contributed by atoms with Gasteiger partial charge in [-0.25, -0.2) is 4.90 Å². The fourth-order valence-corrected chi connectivity index (χ4v) is 4.40. The highest BCUT2D eigenvalue weighted by Crippen LogP contribution is 2.40. The first-order valence-corrected chi connectivity index (χ1v) is 10.7. The zero-order chi connectivity index (χ0) is 21.3. The number of piperidine rings is 1. The summed E-state index contributed by atoms with van der Waals surface area (Å²) in [7, 11) is 0. The summed E-state index contributed by atoms with van der Waals surface area (Å²) in [6.45, 7) is 7.97. The van der Waals surface area contributed by atoms with E-state index >= 15 is 0 Å². The quantitative estimate of drug-likeness (QED) is 0.690. The fourth-order valence-electron chi connectivity index (χ4n) is 4.40. The molecule has 1 saturated heterocycles. The van der Waals surface area contributed by atoms with Gasteiger partial charge in [-0.05, 0) is 63.3 Å². The van der Waals surface area contributed by atoms with Gasteiger partial charge in [0.05, 0.1) is 17.9 Å². The van der Waals surface area contributed by atoms with Crippen molar-refractivity contribution in [3.63, 3.8) is 0 Å². The Labute approximate surface area is 177 Å². The van der Waals surface area contributed by atoms with Crippen LogP contribution in [0.25, 0.3) is 5.57 Å². The van der Waals surface area contributed by atoms with E-state index in [0.29, 0.717) is 29.3 Å². The Kier molecular flexibility index (Phi) is 5.62. The summed E-state index contributed by atoms with van der Waals surface area (Å²) in [5.41, 5.74) is 4.50. The molecule has 2 aliphatic rings. The molecule has 0 bridgehead atoms. The van der Waals surface area contributed by atoms with Gasteiger partial charge in [0.1, 0.15) is 11.4 Å². The normalized spacial score (nSPS) is 17.2. The van der Waals surface area contributed by atoms with E-state index in [1.54, 1.807) is 12.1 Å². The minimum atomic E-state index is -0.278. The molecular weight excluding hydrogens is 376 g/mol. The monoisotopic (exact) mass is 404 g/mol. The Bertz CT molecular complexity index is 1020. The average Bonchev–Trinajstić information content (AvgIpc) is 2.99. The van der Waals surface area contributed by atoms with Crippen molar-refractivity contribution in [1.82, 2.24) is 4.90 Å². The molecule has 0 aliphatic carbocycles. The van der Waals surface area contributed by atoms with Crippen molar-refractivity contribution < 1.29 is 14.3 Å². The van der Waals surface area contributed by atoms with Crippen LogP contribution >= 0.6 is 0 Å². The second kappa shape index (κ2) is 8.34. The lowest BCUT2D eigenvalue weighted by Gasteiger charge is -2.30. The molecule has 0 saturated carbocycles. The van der Waals surface area contributed by atoms with Crippen LogP contribution in [0.5, 0.6) is 5.75 Å². The predicted octanol–water partition coefficient (Wildman–Crippen LogP) is 4.47. The van der Waals surface area contributed by atoms with Gasteiger partial charge in [-0.3, -0.25) is 9.59 Å². The van der Waals surface area contributed by atoms with Gasteiger partial charge < -0.3 is 9.64 Å². The fraction of sp³-hybridized carbons (Fsp3) is 0.360. The van der Waals surface area contributed by atoms with Crippen molar-refractivity contribution in [2.24, 2.45) is 0 Å². The summed E-state index contributed by atoms with van der Waals surface area (Å²) < 4.78 is 5.73. The number of carbonyl (C=O) groups excluding carboxylic acids is 2. The zero-order valence-corrected chi connectivity index (χ0v) is 17.9. The van der Waals surface area contributed by atoms with Crippen LogP contribution in [-0.2, 0) is 9.59 Å². The van der Waals surface area contributed by atoms with Crippen LogP contribution in [0.15, 0.2) is 48.2 Å². The molecule has 2 aromatic carbocycles. The van der Waals surface area contributed by atoms with Gasteiger partial charge in [-0.15, -0.1) is 0 Å². The number of carbonyl (C=O) groups is 2. The van der Waals surface area contributed by atoms with E-state index in [-0.39, 0.29) is 11.8 Å². The van der Waals surface area contributed by atoms with Crippen molar-refractivity contribution in [1.29, 1.82) is 0 Å². The molecule has 30 heavy (non-hydrogen) atoms. The minimum Gasteiger partial charge on any atom is -0.492 e. The molecule has 2 heterocycles. The van der Waals surface area contributed by atoms with E-state index in [9.17, 15) is 9.59 Å². The summed E-state index contributed by atoms with van der Waals surface area (Å²) in [6.07, 6.45) is 3.21. The standard InChI is InChI=1S/C25H28N2O3/c1-4-30-21-11-7-6-10-20(21)27-24(28)22(19-13-12-17(2)16-18(19)3)23(25(27)29)26-14-8-5-9-15-26/h6-7,10-13,16H,4-5,8-9,14-15H2,1-3H3. The molecule has 5 nitrogen and oxygen atoms in total. The number of rotatable bonds is 5. The number of hydrogen-bond donors (Lipinski definition) is 0. The van der Waals surface area contributed by atoms with E-state index in [1.807, 2.05) is 45.0 Å². The maximum absolute atomic E-state index is 13.7. The van der Waals surface area contributed by atoms with Crippen LogP contribution in [-0.4, -0.2) is 36.4 Å². The molecule has 1 fully saturated rings. The number of imide groups is 1. The lowest BCUT2D eigenvalue weighted by molar-refractivity contribution is -0.120. The van der Waals surface area contributed by atoms with Crippen molar-refractivity contribution in [2.45, 2.75) is 40.0 Å². The number of anilines is 1. The third-order valence-corrected chi connectivity index (χ3v) is 5.79. The summed E-state index contributed by atoms with van der Waals surface area (Å²) in [5, 5.41) is 0. The molecule has 5 heteroatoms. The van der Waals surface area contributed by atoms with Gasteiger partial charge in [-0.2, -0.15) is 0 Å². The number of likely N-dealkylation sites (tertiary alicyclic amines) is 1. The van der Waals surface area contributed by atoms with Crippen LogP contribution in [0.1, 0.15) is 42.9 Å². The van der Waals surface area contributed by atoms with Crippen LogP contribution in [0.3, 0.4) is 0 Å². The first kappa shape index (κ1) is 20.2. The van der Waals surface area contributed by atoms with Gasteiger partial charge in [0.15, 0.2) is 0 Å².